The molecule has 0 amide bonds. The van der Waals surface area contributed by atoms with E-state index < -0.39 is 0 Å². The van der Waals surface area contributed by atoms with Crippen LogP contribution in [0.4, 0.5) is 11.8 Å². The molecule has 126 valence electrons. The van der Waals surface area contributed by atoms with E-state index in [1.807, 2.05) is 42.7 Å². The minimum absolute atomic E-state index is 0.636. The van der Waals surface area contributed by atoms with Crippen molar-refractivity contribution in [2.75, 3.05) is 23.5 Å². The lowest BCUT2D eigenvalue weighted by molar-refractivity contribution is 0.689. The first-order valence-corrected chi connectivity index (χ1v) is 8.33. The van der Waals surface area contributed by atoms with Gasteiger partial charge in [0.05, 0.1) is 6.21 Å². The van der Waals surface area contributed by atoms with Crippen molar-refractivity contribution in [2.24, 2.45) is 9.98 Å². The molecule has 0 N–H and O–H groups in total. The molecule has 4 rings (SSSR count). The molecule has 2 aliphatic heterocycles. The van der Waals surface area contributed by atoms with Crippen LogP contribution < -0.4 is 9.80 Å². The van der Waals surface area contributed by atoms with Crippen molar-refractivity contribution in [1.29, 1.82) is 0 Å². The van der Waals surface area contributed by atoms with Crippen molar-refractivity contribution >= 4 is 24.2 Å². The monoisotopic (exact) mass is 332 g/mol. The molecule has 3 heterocycles. The van der Waals surface area contributed by atoms with Crippen LogP contribution in [0.5, 0.6) is 0 Å². The predicted molar refractivity (Wildman–Crippen MR) is 102 cm³/mol. The fourth-order valence-electron chi connectivity index (χ4n) is 2.99. The van der Waals surface area contributed by atoms with E-state index in [0.29, 0.717) is 6.67 Å². The van der Waals surface area contributed by atoms with Crippen LogP contribution in [0, 0.1) is 0 Å². The lowest BCUT2D eigenvalue weighted by Gasteiger charge is -2.19. The van der Waals surface area contributed by atoms with Crippen LogP contribution >= 0.6 is 0 Å². The third kappa shape index (κ3) is 3.10. The summed E-state index contributed by atoms with van der Waals surface area (Å²) >= 11 is 0. The number of hydrogen-bond acceptors (Lipinski definition) is 5. The van der Waals surface area contributed by atoms with Crippen molar-refractivity contribution in [3.63, 3.8) is 0 Å². The Labute approximate surface area is 147 Å². The average molecular weight is 332 g/mol. The minimum atomic E-state index is 0.636. The van der Waals surface area contributed by atoms with E-state index in [0.717, 1.165) is 30.4 Å². The van der Waals surface area contributed by atoms with Gasteiger partial charge >= 0.3 is 0 Å². The van der Waals surface area contributed by atoms with Crippen LogP contribution in [-0.4, -0.2) is 35.7 Å². The third-order valence-corrected chi connectivity index (χ3v) is 4.27. The number of imidazole rings is 1. The van der Waals surface area contributed by atoms with Gasteiger partial charge in [-0.3, -0.25) is 14.9 Å². The zero-order chi connectivity index (χ0) is 17.1. The van der Waals surface area contributed by atoms with E-state index in [-0.39, 0.29) is 0 Å². The first kappa shape index (κ1) is 15.4. The van der Waals surface area contributed by atoms with Gasteiger partial charge in [-0.15, -0.1) is 0 Å². The zero-order valence-corrected chi connectivity index (χ0v) is 14.2. The first-order chi connectivity index (χ1) is 12.3. The average Bonchev–Trinajstić information content (AvgIpc) is 2.82. The highest BCUT2D eigenvalue weighted by Gasteiger charge is 2.23. The molecule has 0 aliphatic carbocycles. The second kappa shape index (κ2) is 6.76. The van der Waals surface area contributed by atoms with Crippen LogP contribution in [-0.2, 0) is 13.0 Å². The molecule has 0 spiro atoms. The van der Waals surface area contributed by atoms with E-state index in [1.54, 1.807) is 12.4 Å². The smallest absolute Gasteiger partial charge is 0.216 e. The van der Waals surface area contributed by atoms with Gasteiger partial charge in [0.25, 0.3) is 0 Å². The van der Waals surface area contributed by atoms with Crippen molar-refractivity contribution in [1.82, 2.24) is 9.55 Å². The third-order valence-electron chi connectivity index (χ3n) is 4.27. The van der Waals surface area contributed by atoms with Gasteiger partial charge in [0.2, 0.25) is 5.95 Å². The van der Waals surface area contributed by atoms with Crippen LogP contribution in [0.2, 0.25) is 0 Å². The molecule has 0 saturated heterocycles. The SMILES string of the molecule is CN1CN=Cc2c1nc(N1C=CC=NC=C1)n2CCc1ccccc1. The Bertz CT molecular complexity index is 844. The van der Waals surface area contributed by atoms with Crippen molar-refractivity contribution in [3.8, 4) is 0 Å². The summed E-state index contributed by atoms with van der Waals surface area (Å²) < 4.78 is 2.22. The Morgan fingerprint density at radius 2 is 2.00 bits per heavy atom. The van der Waals surface area contributed by atoms with Crippen LogP contribution in [0.3, 0.4) is 0 Å². The molecule has 0 atom stereocenters. The largest absolute Gasteiger partial charge is 0.338 e. The molecule has 0 saturated carbocycles. The van der Waals surface area contributed by atoms with Gasteiger partial charge < -0.3 is 9.47 Å². The number of aromatic nitrogens is 2. The minimum Gasteiger partial charge on any atom is -0.338 e. The molecule has 0 fully saturated rings. The maximum absolute atomic E-state index is 4.87. The molecule has 0 radical (unpaired) electrons. The summed E-state index contributed by atoms with van der Waals surface area (Å²) in [5.41, 5.74) is 2.36. The van der Waals surface area contributed by atoms with E-state index in [4.69, 9.17) is 4.98 Å². The van der Waals surface area contributed by atoms with Gasteiger partial charge in [-0.1, -0.05) is 30.3 Å². The molecule has 2 aromatic rings. The standard InChI is InChI=1S/C19H20N6/c1-23-15-21-14-17-18(23)22-19(24-11-5-9-20-10-13-24)25(17)12-8-16-6-3-2-4-7-16/h2-7,9-11,13-14H,8,12,15H2,1H3. The second-order valence-corrected chi connectivity index (χ2v) is 6.00. The van der Waals surface area contributed by atoms with E-state index in [9.17, 15) is 0 Å². The predicted octanol–water partition coefficient (Wildman–Crippen LogP) is 2.83. The number of anilines is 2. The Morgan fingerprint density at radius 1 is 1.12 bits per heavy atom. The van der Waals surface area contributed by atoms with E-state index >= 15 is 0 Å². The Kier molecular flexibility index (Phi) is 4.16. The molecular formula is C19H20N6. The van der Waals surface area contributed by atoms with Crippen molar-refractivity contribution < 1.29 is 0 Å². The number of aryl methyl sites for hydroxylation is 1. The molecule has 6 heteroatoms. The lowest BCUT2D eigenvalue weighted by atomic mass is 10.1. The van der Waals surface area contributed by atoms with Crippen molar-refractivity contribution in [2.45, 2.75) is 13.0 Å². The molecule has 25 heavy (non-hydrogen) atoms. The normalized spacial score (nSPS) is 15.6. The van der Waals surface area contributed by atoms with Gasteiger partial charge in [-0.2, -0.15) is 4.98 Å². The number of rotatable bonds is 4. The molecular weight excluding hydrogens is 312 g/mol. The molecule has 1 aromatic carbocycles. The zero-order valence-electron chi connectivity index (χ0n) is 14.2. The Morgan fingerprint density at radius 3 is 2.88 bits per heavy atom. The van der Waals surface area contributed by atoms with Gasteiger partial charge in [0, 0.05) is 38.4 Å². The molecule has 0 bridgehead atoms. The van der Waals surface area contributed by atoms with E-state index in [2.05, 4.69) is 43.7 Å². The summed E-state index contributed by atoms with van der Waals surface area (Å²) in [6, 6.07) is 10.5. The van der Waals surface area contributed by atoms with Crippen LogP contribution in [0.1, 0.15) is 11.3 Å². The van der Waals surface area contributed by atoms with Gasteiger partial charge in [-0.05, 0) is 18.1 Å². The van der Waals surface area contributed by atoms with Gasteiger partial charge in [0.15, 0.2) is 5.82 Å². The molecule has 6 nitrogen and oxygen atoms in total. The fraction of sp³-hybridized carbons (Fsp3) is 0.211. The summed E-state index contributed by atoms with van der Waals surface area (Å²) in [4.78, 5) is 17.6. The maximum atomic E-state index is 4.87. The van der Waals surface area contributed by atoms with Crippen LogP contribution in [0.15, 0.2) is 65.0 Å². The summed E-state index contributed by atoms with van der Waals surface area (Å²) in [7, 11) is 2.02. The Hall–Kier alpha value is -3.15. The summed E-state index contributed by atoms with van der Waals surface area (Å²) in [6.07, 6.45) is 12.2. The summed E-state index contributed by atoms with van der Waals surface area (Å²) in [5, 5.41) is 0. The van der Waals surface area contributed by atoms with E-state index in [1.165, 1.54) is 5.56 Å². The first-order valence-electron chi connectivity index (χ1n) is 8.33. The highest BCUT2D eigenvalue weighted by molar-refractivity contribution is 5.88. The second-order valence-electron chi connectivity index (χ2n) is 6.00. The van der Waals surface area contributed by atoms with Crippen molar-refractivity contribution in [3.05, 3.63) is 66.3 Å². The highest BCUT2D eigenvalue weighted by atomic mass is 15.4. The highest BCUT2D eigenvalue weighted by Crippen LogP contribution is 2.28. The number of benzene rings is 1. The van der Waals surface area contributed by atoms with Gasteiger partial charge in [-0.25, -0.2) is 0 Å². The number of nitrogens with zero attached hydrogens (tertiary/aromatic N) is 6. The maximum Gasteiger partial charge on any atom is 0.216 e. The number of fused-ring (bicyclic) bond motifs is 1. The topological polar surface area (TPSA) is 49.0 Å². The number of hydrogen-bond donors (Lipinski definition) is 0. The van der Waals surface area contributed by atoms with Gasteiger partial charge in [0.1, 0.15) is 12.4 Å². The Balaban J connectivity index is 1.71. The molecule has 0 unspecified atom stereocenters. The van der Waals surface area contributed by atoms with Crippen LogP contribution in [0.25, 0.3) is 0 Å². The number of aliphatic imine (C=N–C) groups is 2. The lowest BCUT2D eigenvalue weighted by Crippen LogP contribution is -2.23. The molecule has 2 aliphatic rings. The summed E-state index contributed by atoms with van der Waals surface area (Å²) in [6.45, 7) is 1.47. The quantitative estimate of drug-likeness (QED) is 0.865. The molecule has 1 aromatic heterocycles. The number of allylic oxidation sites excluding steroid dienone is 1. The summed E-state index contributed by atoms with van der Waals surface area (Å²) in [5.74, 6) is 1.84. The fourth-order valence-corrected chi connectivity index (χ4v) is 2.99.